The molecule has 1 saturated heterocycles. The molecular weight excluding hydrogens is 310 g/mol. The summed E-state index contributed by atoms with van der Waals surface area (Å²) in [6, 6.07) is 10.6. The lowest BCUT2D eigenvalue weighted by molar-refractivity contribution is 0.312. The van der Waals surface area contributed by atoms with Crippen molar-refractivity contribution in [1.29, 1.82) is 0 Å². The van der Waals surface area contributed by atoms with Crippen molar-refractivity contribution in [2.45, 2.75) is 6.92 Å². The van der Waals surface area contributed by atoms with Crippen LogP contribution in [0, 0.1) is 6.92 Å². The Labute approximate surface area is 148 Å². The smallest absolute Gasteiger partial charge is 0.128 e. The quantitative estimate of drug-likeness (QED) is 0.800. The number of rotatable bonds is 3. The second kappa shape index (κ2) is 6.69. The number of aromatic nitrogens is 3. The zero-order chi connectivity index (χ0) is 17.2. The molecule has 5 heteroatoms. The van der Waals surface area contributed by atoms with E-state index in [-0.39, 0.29) is 0 Å². The summed E-state index contributed by atoms with van der Waals surface area (Å²) in [5, 5.41) is 8.64. The number of anilines is 1. The zero-order valence-corrected chi connectivity index (χ0v) is 14.7. The van der Waals surface area contributed by atoms with Gasteiger partial charge < -0.3 is 9.80 Å². The molecule has 1 aromatic carbocycles. The minimum Gasteiger partial charge on any atom is -0.354 e. The topological polar surface area (TPSA) is 48.1 Å². The third kappa shape index (κ3) is 3.42. The van der Waals surface area contributed by atoms with Crippen molar-refractivity contribution in [3.8, 4) is 0 Å². The van der Waals surface area contributed by atoms with Crippen molar-refractivity contribution in [3.05, 3.63) is 53.3 Å². The van der Waals surface area contributed by atoms with Gasteiger partial charge in [0.1, 0.15) is 5.82 Å². The van der Waals surface area contributed by atoms with E-state index in [0.29, 0.717) is 0 Å². The van der Waals surface area contributed by atoms with Gasteiger partial charge in [-0.1, -0.05) is 18.2 Å². The van der Waals surface area contributed by atoms with E-state index in [1.165, 1.54) is 5.56 Å². The summed E-state index contributed by atoms with van der Waals surface area (Å²) in [4.78, 5) is 9.32. The van der Waals surface area contributed by atoms with Crippen LogP contribution in [0.1, 0.15) is 16.8 Å². The van der Waals surface area contributed by atoms with Crippen LogP contribution in [0.25, 0.3) is 23.1 Å². The highest BCUT2D eigenvalue weighted by Crippen LogP contribution is 2.20. The van der Waals surface area contributed by atoms with E-state index in [4.69, 9.17) is 0 Å². The highest BCUT2D eigenvalue weighted by atomic mass is 15.3. The Hall–Kier alpha value is -2.66. The van der Waals surface area contributed by atoms with Gasteiger partial charge in [0.25, 0.3) is 0 Å². The van der Waals surface area contributed by atoms with Crippen LogP contribution in [-0.2, 0) is 0 Å². The second-order valence-corrected chi connectivity index (χ2v) is 6.73. The predicted molar refractivity (Wildman–Crippen MR) is 104 cm³/mol. The number of likely N-dealkylation sites (N-methyl/N-ethyl adjacent to an activating group) is 1. The molecular formula is C20H23N5. The Kier molecular flexibility index (Phi) is 4.24. The molecule has 1 fully saturated rings. The van der Waals surface area contributed by atoms with Gasteiger partial charge in [-0.3, -0.25) is 5.10 Å². The van der Waals surface area contributed by atoms with Crippen LogP contribution in [0.4, 0.5) is 5.82 Å². The van der Waals surface area contributed by atoms with Crippen LogP contribution >= 0.6 is 0 Å². The predicted octanol–water partition coefficient (Wildman–Crippen LogP) is 3.19. The average Bonchev–Trinajstić information content (AvgIpc) is 3.03. The summed E-state index contributed by atoms with van der Waals surface area (Å²) in [5.74, 6) is 1.06. The van der Waals surface area contributed by atoms with Gasteiger partial charge in [-0.25, -0.2) is 4.98 Å². The van der Waals surface area contributed by atoms with Crippen LogP contribution < -0.4 is 4.90 Å². The Morgan fingerprint density at radius 2 is 1.88 bits per heavy atom. The number of hydrogen-bond acceptors (Lipinski definition) is 4. The Bertz CT molecular complexity index is 886. The molecule has 25 heavy (non-hydrogen) atoms. The lowest BCUT2D eigenvalue weighted by atomic mass is 10.1. The van der Waals surface area contributed by atoms with Crippen LogP contribution in [0.3, 0.4) is 0 Å². The molecule has 1 aliphatic rings. The van der Waals surface area contributed by atoms with Crippen LogP contribution in [0.15, 0.2) is 36.5 Å². The van der Waals surface area contributed by atoms with Gasteiger partial charge in [0, 0.05) is 37.8 Å². The van der Waals surface area contributed by atoms with Gasteiger partial charge in [0.2, 0.25) is 0 Å². The summed E-state index contributed by atoms with van der Waals surface area (Å²) >= 11 is 0. The fourth-order valence-corrected chi connectivity index (χ4v) is 3.18. The minimum absolute atomic E-state index is 0.957. The molecule has 0 saturated carbocycles. The van der Waals surface area contributed by atoms with E-state index >= 15 is 0 Å². The molecule has 1 N–H and O–H groups in total. The molecule has 0 amide bonds. The molecule has 0 bridgehead atoms. The first kappa shape index (κ1) is 15.8. The molecule has 0 spiro atoms. The van der Waals surface area contributed by atoms with Crippen molar-refractivity contribution in [2.75, 3.05) is 38.1 Å². The number of nitrogens with one attached hydrogen (secondary N) is 1. The molecule has 1 aliphatic heterocycles. The van der Waals surface area contributed by atoms with Gasteiger partial charge in [0.05, 0.1) is 11.2 Å². The lowest BCUT2D eigenvalue weighted by Crippen LogP contribution is -2.44. The van der Waals surface area contributed by atoms with E-state index in [1.54, 1.807) is 0 Å². The fourth-order valence-electron chi connectivity index (χ4n) is 3.18. The number of fused-ring (bicyclic) bond motifs is 1. The molecule has 5 nitrogen and oxygen atoms in total. The first-order valence-corrected chi connectivity index (χ1v) is 8.71. The molecule has 4 rings (SSSR count). The number of piperazine rings is 1. The third-order valence-corrected chi connectivity index (χ3v) is 4.78. The number of H-pyrrole nitrogens is 1. The Balaban J connectivity index is 1.49. The van der Waals surface area contributed by atoms with E-state index in [1.807, 2.05) is 12.3 Å². The SMILES string of the molecule is Cc1ccc2c(/C=C/c3ccc(N4CCN(C)CC4)nc3)n[nH]c2c1. The highest BCUT2D eigenvalue weighted by molar-refractivity contribution is 5.89. The van der Waals surface area contributed by atoms with Crippen molar-refractivity contribution in [1.82, 2.24) is 20.1 Å². The maximum Gasteiger partial charge on any atom is 0.128 e. The normalized spacial score (nSPS) is 16.2. The van der Waals surface area contributed by atoms with Gasteiger partial charge >= 0.3 is 0 Å². The molecule has 128 valence electrons. The molecule has 3 heterocycles. The van der Waals surface area contributed by atoms with Crippen LogP contribution in [0.5, 0.6) is 0 Å². The molecule has 3 aromatic rings. The Morgan fingerprint density at radius 1 is 1.04 bits per heavy atom. The summed E-state index contributed by atoms with van der Waals surface area (Å²) in [7, 11) is 2.17. The Morgan fingerprint density at radius 3 is 2.64 bits per heavy atom. The third-order valence-electron chi connectivity index (χ3n) is 4.78. The van der Waals surface area contributed by atoms with Crippen LogP contribution in [0.2, 0.25) is 0 Å². The van der Waals surface area contributed by atoms with Gasteiger partial charge in [0.15, 0.2) is 0 Å². The van der Waals surface area contributed by atoms with Crippen molar-refractivity contribution >= 4 is 28.9 Å². The van der Waals surface area contributed by atoms with E-state index in [2.05, 4.69) is 75.4 Å². The first-order chi connectivity index (χ1) is 12.2. The number of benzene rings is 1. The first-order valence-electron chi connectivity index (χ1n) is 8.71. The monoisotopic (exact) mass is 333 g/mol. The van der Waals surface area contributed by atoms with E-state index < -0.39 is 0 Å². The maximum atomic E-state index is 4.63. The largest absolute Gasteiger partial charge is 0.354 e. The minimum atomic E-state index is 0.957. The average molecular weight is 333 g/mol. The zero-order valence-electron chi connectivity index (χ0n) is 14.7. The summed E-state index contributed by atoms with van der Waals surface area (Å²) in [6.07, 6.45) is 6.04. The summed E-state index contributed by atoms with van der Waals surface area (Å²) in [5.41, 5.74) is 4.35. The summed E-state index contributed by atoms with van der Waals surface area (Å²) in [6.45, 7) is 6.35. The van der Waals surface area contributed by atoms with Crippen molar-refractivity contribution in [3.63, 3.8) is 0 Å². The van der Waals surface area contributed by atoms with Crippen molar-refractivity contribution in [2.24, 2.45) is 0 Å². The number of nitrogens with zero attached hydrogens (tertiary/aromatic N) is 4. The molecule has 0 atom stereocenters. The van der Waals surface area contributed by atoms with Crippen molar-refractivity contribution < 1.29 is 0 Å². The van der Waals surface area contributed by atoms with Gasteiger partial charge in [-0.15, -0.1) is 0 Å². The molecule has 2 aromatic heterocycles. The standard InChI is InChI=1S/C20H23N5/c1-15-3-6-17-18(22-23-19(17)13-15)7-4-16-5-8-20(21-14-16)25-11-9-24(2)10-12-25/h3-8,13-14H,9-12H2,1-2H3,(H,22,23)/b7-4+. The van der Waals surface area contributed by atoms with E-state index in [0.717, 1.165) is 54.2 Å². The fraction of sp³-hybridized carbons (Fsp3) is 0.300. The number of pyridine rings is 1. The lowest BCUT2D eigenvalue weighted by Gasteiger charge is -2.33. The maximum absolute atomic E-state index is 4.63. The molecule has 0 aliphatic carbocycles. The van der Waals surface area contributed by atoms with Gasteiger partial charge in [-0.05, 0) is 49.4 Å². The number of hydrogen-bond donors (Lipinski definition) is 1. The number of aryl methyl sites for hydroxylation is 1. The van der Waals surface area contributed by atoms with E-state index in [9.17, 15) is 0 Å². The highest BCUT2D eigenvalue weighted by Gasteiger charge is 2.14. The molecule has 0 radical (unpaired) electrons. The summed E-state index contributed by atoms with van der Waals surface area (Å²) < 4.78 is 0. The second-order valence-electron chi connectivity index (χ2n) is 6.73. The number of aromatic amines is 1. The molecule has 0 unspecified atom stereocenters. The van der Waals surface area contributed by atoms with Gasteiger partial charge in [-0.2, -0.15) is 5.10 Å². The van der Waals surface area contributed by atoms with Crippen LogP contribution in [-0.4, -0.2) is 53.3 Å².